The second-order valence-corrected chi connectivity index (χ2v) is 3.51. The summed E-state index contributed by atoms with van der Waals surface area (Å²) in [5, 5.41) is 0. The van der Waals surface area contributed by atoms with Crippen LogP contribution in [0.4, 0.5) is 0 Å². The van der Waals surface area contributed by atoms with Gasteiger partial charge < -0.3 is 0 Å². The fraction of sp³-hybridized carbons (Fsp3) is 0.0714. The molecule has 0 nitrogen and oxygen atoms in total. The lowest BCUT2D eigenvalue weighted by atomic mass is 10.00. The lowest BCUT2D eigenvalue weighted by Crippen LogP contribution is -1.82. The maximum absolute atomic E-state index is 3.88. The van der Waals surface area contributed by atoms with E-state index >= 15 is 0 Å². The van der Waals surface area contributed by atoms with E-state index in [1.54, 1.807) is 0 Å². The van der Waals surface area contributed by atoms with Crippen molar-refractivity contribution in [1.29, 1.82) is 0 Å². The minimum Gasteiger partial charge on any atom is -0.0620 e. The summed E-state index contributed by atoms with van der Waals surface area (Å²) < 4.78 is 0. The molecule has 2 aromatic rings. The molecule has 0 aromatic heterocycles. The van der Waals surface area contributed by atoms with Crippen LogP contribution in [-0.2, 0) is 0 Å². The molecule has 0 aliphatic heterocycles. The van der Waals surface area contributed by atoms with Crippen LogP contribution in [0.15, 0.2) is 48.5 Å². The van der Waals surface area contributed by atoms with Crippen LogP contribution in [-0.4, -0.2) is 0 Å². The van der Waals surface area contributed by atoms with E-state index in [1.165, 1.54) is 16.7 Å². The first-order chi connectivity index (χ1) is 6.77. The second-order valence-electron chi connectivity index (χ2n) is 3.51. The van der Waals surface area contributed by atoms with Crippen molar-refractivity contribution in [3.8, 4) is 11.1 Å². The molecule has 0 heteroatoms. The highest BCUT2D eigenvalue weighted by Crippen LogP contribution is 2.22. The molecule has 0 bridgehead atoms. The Morgan fingerprint density at radius 1 is 0.857 bits per heavy atom. The number of rotatable bonds is 1. The molecular weight excluding hydrogens is 168 g/mol. The first kappa shape index (κ1) is 9.01. The van der Waals surface area contributed by atoms with Gasteiger partial charge in [0.1, 0.15) is 0 Å². The van der Waals surface area contributed by atoms with E-state index in [0.717, 1.165) is 5.56 Å². The van der Waals surface area contributed by atoms with Crippen molar-refractivity contribution in [2.75, 3.05) is 0 Å². The average Bonchev–Trinajstić information content (AvgIpc) is 2.20. The van der Waals surface area contributed by atoms with Gasteiger partial charge in [-0.25, -0.2) is 0 Å². The van der Waals surface area contributed by atoms with Crippen molar-refractivity contribution in [3.63, 3.8) is 0 Å². The molecule has 14 heavy (non-hydrogen) atoms. The first-order valence-electron chi connectivity index (χ1n) is 4.75. The highest BCUT2D eigenvalue weighted by molar-refractivity contribution is 5.67. The maximum atomic E-state index is 3.88. The third-order valence-electron chi connectivity index (χ3n) is 2.41. The number of hydrogen-bond acceptors (Lipinski definition) is 0. The van der Waals surface area contributed by atoms with Gasteiger partial charge in [0, 0.05) is 0 Å². The predicted molar refractivity (Wildman–Crippen MR) is 61.1 cm³/mol. The summed E-state index contributed by atoms with van der Waals surface area (Å²) in [7, 11) is 0. The highest BCUT2D eigenvalue weighted by atomic mass is 14.0. The average molecular weight is 181 g/mol. The highest BCUT2D eigenvalue weighted by Gasteiger charge is 1.99. The predicted octanol–water partition coefficient (Wildman–Crippen LogP) is 3.84. The van der Waals surface area contributed by atoms with Gasteiger partial charge >= 0.3 is 0 Å². The topological polar surface area (TPSA) is 0 Å². The van der Waals surface area contributed by atoms with E-state index in [2.05, 4.69) is 50.2 Å². The fourth-order valence-corrected chi connectivity index (χ4v) is 1.58. The van der Waals surface area contributed by atoms with Crippen LogP contribution in [0, 0.1) is 13.8 Å². The standard InChI is InChI=1S/C14H13/c1-11-7-9-13(10-8-11)14-6-4-3-5-12(14)2/h3-10H,1H2,2H3. The zero-order chi connectivity index (χ0) is 9.97. The summed E-state index contributed by atoms with van der Waals surface area (Å²) >= 11 is 0. The molecule has 0 N–H and O–H groups in total. The largest absolute Gasteiger partial charge is 0.0620 e. The summed E-state index contributed by atoms with van der Waals surface area (Å²) in [6.45, 7) is 6.01. The van der Waals surface area contributed by atoms with Crippen LogP contribution in [0.5, 0.6) is 0 Å². The SMILES string of the molecule is [CH2]c1ccc(-c2ccccc2C)cc1. The second kappa shape index (κ2) is 3.67. The minimum atomic E-state index is 1.06. The molecule has 0 atom stereocenters. The molecule has 0 saturated carbocycles. The van der Waals surface area contributed by atoms with E-state index < -0.39 is 0 Å². The molecule has 1 radical (unpaired) electrons. The Hall–Kier alpha value is -1.56. The monoisotopic (exact) mass is 181 g/mol. The van der Waals surface area contributed by atoms with Gasteiger partial charge in [-0.05, 0) is 36.1 Å². The van der Waals surface area contributed by atoms with Gasteiger partial charge in [0.2, 0.25) is 0 Å². The van der Waals surface area contributed by atoms with Gasteiger partial charge in [0.25, 0.3) is 0 Å². The minimum absolute atomic E-state index is 1.06. The van der Waals surface area contributed by atoms with Crippen molar-refractivity contribution >= 4 is 0 Å². The van der Waals surface area contributed by atoms with Crippen LogP contribution < -0.4 is 0 Å². The van der Waals surface area contributed by atoms with Crippen LogP contribution in [0.25, 0.3) is 11.1 Å². The normalized spacial score (nSPS) is 10.1. The molecule has 0 spiro atoms. The van der Waals surface area contributed by atoms with Gasteiger partial charge in [0.05, 0.1) is 0 Å². The zero-order valence-corrected chi connectivity index (χ0v) is 8.33. The molecule has 0 fully saturated rings. The van der Waals surface area contributed by atoms with Crippen molar-refractivity contribution in [1.82, 2.24) is 0 Å². The summed E-state index contributed by atoms with van der Waals surface area (Å²) in [5.41, 5.74) is 4.93. The smallest absolute Gasteiger partial charge is 0.0155 e. The molecule has 0 heterocycles. The Bertz CT molecular complexity index is 424. The van der Waals surface area contributed by atoms with Crippen LogP contribution in [0.2, 0.25) is 0 Å². The molecule has 2 rings (SSSR count). The quantitative estimate of drug-likeness (QED) is 0.627. The van der Waals surface area contributed by atoms with Crippen molar-refractivity contribution in [2.24, 2.45) is 0 Å². The molecular formula is C14H13. The summed E-state index contributed by atoms with van der Waals surface area (Å²) in [6, 6.07) is 16.7. The van der Waals surface area contributed by atoms with Gasteiger partial charge in [-0.2, -0.15) is 0 Å². The molecule has 69 valence electrons. The van der Waals surface area contributed by atoms with E-state index in [-0.39, 0.29) is 0 Å². The van der Waals surface area contributed by atoms with E-state index in [0.29, 0.717) is 0 Å². The van der Waals surface area contributed by atoms with Crippen molar-refractivity contribution < 1.29 is 0 Å². The van der Waals surface area contributed by atoms with E-state index in [1.807, 2.05) is 12.1 Å². The Balaban J connectivity index is 2.50. The summed E-state index contributed by atoms with van der Waals surface area (Å²) in [5.74, 6) is 0. The van der Waals surface area contributed by atoms with Gasteiger partial charge in [-0.1, -0.05) is 48.5 Å². The van der Waals surface area contributed by atoms with Gasteiger partial charge in [-0.3, -0.25) is 0 Å². The lowest BCUT2D eigenvalue weighted by Gasteiger charge is -2.05. The first-order valence-corrected chi connectivity index (χ1v) is 4.75. The Morgan fingerprint density at radius 3 is 2.14 bits per heavy atom. The molecule has 0 aliphatic carbocycles. The molecule has 0 unspecified atom stereocenters. The fourth-order valence-electron chi connectivity index (χ4n) is 1.58. The third-order valence-corrected chi connectivity index (χ3v) is 2.41. The number of benzene rings is 2. The molecule has 0 saturated heterocycles. The Kier molecular flexibility index (Phi) is 2.36. The summed E-state index contributed by atoms with van der Waals surface area (Å²) in [4.78, 5) is 0. The van der Waals surface area contributed by atoms with Crippen LogP contribution in [0.3, 0.4) is 0 Å². The Morgan fingerprint density at radius 2 is 1.50 bits per heavy atom. The number of hydrogen-bond donors (Lipinski definition) is 0. The van der Waals surface area contributed by atoms with Gasteiger partial charge in [-0.15, -0.1) is 0 Å². The van der Waals surface area contributed by atoms with E-state index in [9.17, 15) is 0 Å². The lowest BCUT2D eigenvalue weighted by molar-refractivity contribution is 1.45. The molecule has 0 aliphatic rings. The van der Waals surface area contributed by atoms with Crippen molar-refractivity contribution in [2.45, 2.75) is 6.92 Å². The summed E-state index contributed by atoms with van der Waals surface area (Å²) in [6.07, 6.45) is 0. The molecule has 2 aromatic carbocycles. The van der Waals surface area contributed by atoms with Crippen LogP contribution in [0.1, 0.15) is 11.1 Å². The number of aryl methyl sites for hydroxylation is 1. The third kappa shape index (κ3) is 1.69. The van der Waals surface area contributed by atoms with E-state index in [4.69, 9.17) is 0 Å². The molecule has 0 amide bonds. The zero-order valence-electron chi connectivity index (χ0n) is 8.33. The van der Waals surface area contributed by atoms with Crippen LogP contribution >= 0.6 is 0 Å². The maximum Gasteiger partial charge on any atom is -0.0155 e. The Labute approximate surface area is 85.2 Å². The van der Waals surface area contributed by atoms with Crippen molar-refractivity contribution in [3.05, 3.63) is 66.6 Å². The van der Waals surface area contributed by atoms with Gasteiger partial charge in [0.15, 0.2) is 0 Å².